The van der Waals surface area contributed by atoms with Crippen LogP contribution < -0.4 is 10.5 Å². The van der Waals surface area contributed by atoms with E-state index in [2.05, 4.69) is 5.32 Å². The molecule has 0 fully saturated rings. The molecule has 0 bridgehead atoms. The first kappa shape index (κ1) is 18.6. The molecule has 0 aliphatic carbocycles. The second kappa shape index (κ2) is 7.18. The van der Waals surface area contributed by atoms with Crippen molar-refractivity contribution in [2.75, 3.05) is 5.32 Å². The predicted molar refractivity (Wildman–Crippen MR) is 87.2 cm³/mol. The van der Waals surface area contributed by atoms with Crippen LogP contribution in [0.2, 0.25) is 5.02 Å². The van der Waals surface area contributed by atoms with Gasteiger partial charge in [-0.25, -0.2) is 18.4 Å². The summed E-state index contributed by atoms with van der Waals surface area (Å²) in [5.74, 6) is -0.725. The van der Waals surface area contributed by atoms with E-state index >= 15 is 0 Å². The van der Waals surface area contributed by atoms with Crippen LogP contribution in [0.5, 0.6) is 0 Å². The molecular weight excluding hydrogens is 392 g/mol. The van der Waals surface area contributed by atoms with Crippen LogP contribution in [0.4, 0.5) is 5.69 Å². The molecule has 7 nitrogen and oxygen atoms in total. The average molecular weight is 407 g/mol. The number of carboxylic acid groups (broad SMARTS) is 1. The van der Waals surface area contributed by atoms with Gasteiger partial charge in [0.05, 0.1) is 29.1 Å². The molecular formula is C12H15ClGeN2O5S. The van der Waals surface area contributed by atoms with Crippen LogP contribution in [-0.4, -0.2) is 37.1 Å². The van der Waals surface area contributed by atoms with Gasteiger partial charge in [-0.15, -0.1) is 0 Å². The van der Waals surface area contributed by atoms with Gasteiger partial charge in [-0.3, -0.25) is 0 Å². The van der Waals surface area contributed by atoms with E-state index in [1.807, 2.05) is 0 Å². The number of sulfonamides is 1. The third-order valence-electron chi connectivity index (χ3n) is 2.64. The van der Waals surface area contributed by atoms with Crippen molar-refractivity contribution < 1.29 is 22.7 Å². The Kier molecular flexibility index (Phi) is 6.06. The standard InChI is InChI=1S/C12H11ClN2O5S.GeH4/c13-9-5-10(15-6-7-2-1-3-20-7)8(12(16)17)4-11(9)21(14,18)19;/h1-5,15H,6H2,(H,16,17)(H2,14,18,19);1H4. The number of carbonyl (C=O) groups is 1. The number of nitrogens with one attached hydrogen (secondary N) is 1. The van der Waals surface area contributed by atoms with Gasteiger partial charge in [0.1, 0.15) is 10.7 Å². The number of hydrogen-bond acceptors (Lipinski definition) is 5. The minimum absolute atomic E-state index is 0. The fourth-order valence-electron chi connectivity index (χ4n) is 1.69. The minimum atomic E-state index is -4.11. The van der Waals surface area contributed by atoms with Gasteiger partial charge in [-0.2, -0.15) is 0 Å². The molecule has 0 atom stereocenters. The molecule has 0 unspecified atom stereocenters. The summed E-state index contributed by atoms with van der Waals surface area (Å²) in [6, 6.07) is 5.51. The Labute approximate surface area is 142 Å². The van der Waals surface area contributed by atoms with Crippen LogP contribution in [0.25, 0.3) is 0 Å². The summed E-state index contributed by atoms with van der Waals surface area (Å²) in [6.45, 7) is 0.221. The molecule has 0 saturated carbocycles. The zero-order chi connectivity index (χ0) is 15.6. The van der Waals surface area contributed by atoms with Gasteiger partial charge in [-0.1, -0.05) is 11.6 Å². The third-order valence-corrected chi connectivity index (χ3v) is 4.02. The number of anilines is 1. The summed E-state index contributed by atoms with van der Waals surface area (Å²) < 4.78 is 27.8. The van der Waals surface area contributed by atoms with Crippen molar-refractivity contribution >= 4 is 50.9 Å². The molecule has 0 amide bonds. The van der Waals surface area contributed by atoms with Crippen LogP contribution in [-0.2, 0) is 16.6 Å². The van der Waals surface area contributed by atoms with Crippen molar-refractivity contribution in [2.45, 2.75) is 11.4 Å². The van der Waals surface area contributed by atoms with Gasteiger partial charge in [0, 0.05) is 0 Å². The van der Waals surface area contributed by atoms with E-state index in [1.54, 1.807) is 12.1 Å². The maximum atomic E-state index is 11.3. The second-order valence-electron chi connectivity index (χ2n) is 4.11. The van der Waals surface area contributed by atoms with E-state index < -0.39 is 20.9 Å². The molecule has 0 aliphatic heterocycles. The Hall–Kier alpha value is -1.49. The Morgan fingerprint density at radius 2 is 2.09 bits per heavy atom. The summed E-state index contributed by atoms with van der Waals surface area (Å²) in [6.07, 6.45) is 1.48. The molecule has 1 aromatic heterocycles. The van der Waals surface area contributed by atoms with Crippen molar-refractivity contribution in [3.8, 4) is 0 Å². The fraction of sp³-hybridized carbons (Fsp3) is 0.0833. The van der Waals surface area contributed by atoms with Crippen LogP contribution in [0.15, 0.2) is 39.8 Å². The van der Waals surface area contributed by atoms with Crippen LogP contribution in [0.1, 0.15) is 16.1 Å². The zero-order valence-corrected chi connectivity index (χ0v) is 12.1. The first-order valence-electron chi connectivity index (χ1n) is 5.65. The summed E-state index contributed by atoms with van der Waals surface area (Å²) in [5, 5.41) is 16.8. The quantitative estimate of drug-likeness (QED) is 0.618. The fourth-order valence-corrected chi connectivity index (χ4v) is 2.79. The first-order chi connectivity index (χ1) is 9.79. The molecule has 1 heterocycles. The van der Waals surface area contributed by atoms with Crippen molar-refractivity contribution in [2.24, 2.45) is 5.14 Å². The number of benzene rings is 1. The van der Waals surface area contributed by atoms with Gasteiger partial charge in [0.2, 0.25) is 10.0 Å². The maximum absolute atomic E-state index is 11.3. The third kappa shape index (κ3) is 4.26. The monoisotopic (exact) mass is 408 g/mol. The van der Waals surface area contributed by atoms with Gasteiger partial charge in [-0.05, 0) is 24.3 Å². The van der Waals surface area contributed by atoms with E-state index in [1.165, 1.54) is 12.3 Å². The number of aromatic carboxylic acids is 1. The summed E-state index contributed by atoms with van der Waals surface area (Å²) in [5.41, 5.74) is -0.0914. The second-order valence-corrected chi connectivity index (χ2v) is 6.05. The predicted octanol–water partition coefficient (Wildman–Crippen LogP) is 0.439. The summed E-state index contributed by atoms with van der Waals surface area (Å²) in [4.78, 5) is 10.8. The molecule has 0 aliphatic rings. The molecule has 10 heteroatoms. The molecule has 0 saturated heterocycles. The van der Waals surface area contributed by atoms with E-state index in [9.17, 15) is 13.2 Å². The van der Waals surface area contributed by atoms with E-state index in [4.69, 9.17) is 26.3 Å². The molecule has 4 N–H and O–H groups in total. The molecule has 1 aromatic carbocycles. The van der Waals surface area contributed by atoms with Crippen molar-refractivity contribution in [3.05, 3.63) is 46.9 Å². The number of halogens is 1. The van der Waals surface area contributed by atoms with Crippen molar-refractivity contribution in [3.63, 3.8) is 0 Å². The first-order valence-corrected chi connectivity index (χ1v) is 7.57. The zero-order valence-electron chi connectivity index (χ0n) is 10.5. The van der Waals surface area contributed by atoms with Crippen LogP contribution in [0, 0.1) is 0 Å². The van der Waals surface area contributed by atoms with Gasteiger partial charge >= 0.3 is 23.6 Å². The Morgan fingerprint density at radius 1 is 1.41 bits per heavy atom. The number of primary sulfonamides is 1. The molecule has 0 spiro atoms. The average Bonchev–Trinajstić information content (AvgIpc) is 2.87. The number of hydrogen-bond donors (Lipinski definition) is 3. The van der Waals surface area contributed by atoms with Crippen LogP contribution >= 0.6 is 11.6 Å². The molecule has 22 heavy (non-hydrogen) atoms. The van der Waals surface area contributed by atoms with Crippen molar-refractivity contribution in [1.29, 1.82) is 0 Å². The molecule has 0 radical (unpaired) electrons. The number of rotatable bonds is 5. The Balaban J connectivity index is 0.00000242. The van der Waals surface area contributed by atoms with Crippen LogP contribution in [0.3, 0.4) is 0 Å². The van der Waals surface area contributed by atoms with E-state index in [0.29, 0.717) is 5.76 Å². The Bertz CT molecular complexity index is 777. The van der Waals surface area contributed by atoms with Gasteiger partial charge < -0.3 is 14.8 Å². The van der Waals surface area contributed by atoms with Crippen molar-refractivity contribution in [1.82, 2.24) is 0 Å². The SMILES string of the molecule is NS(=O)(=O)c1cc(C(=O)O)c(NCc2ccco2)cc1Cl.[GeH4]. The van der Waals surface area contributed by atoms with Gasteiger partial charge in [0.25, 0.3) is 0 Å². The summed E-state index contributed by atoms with van der Waals surface area (Å²) in [7, 11) is -4.11. The molecule has 2 aromatic rings. The molecule has 2 rings (SSSR count). The topological polar surface area (TPSA) is 123 Å². The van der Waals surface area contributed by atoms with E-state index in [0.717, 1.165) is 6.07 Å². The van der Waals surface area contributed by atoms with E-state index in [-0.39, 0.29) is 40.4 Å². The number of furan rings is 1. The molecule has 120 valence electrons. The number of carboxylic acids is 1. The summed E-state index contributed by atoms with van der Waals surface area (Å²) >= 11 is 5.84. The Morgan fingerprint density at radius 3 is 2.59 bits per heavy atom. The number of nitrogens with two attached hydrogens (primary N) is 1. The van der Waals surface area contributed by atoms with Gasteiger partial charge in [0.15, 0.2) is 0 Å². The normalized spacial score (nSPS) is 10.8.